The molecule has 1 aromatic rings. The first-order chi connectivity index (χ1) is 13.5. The van der Waals surface area contributed by atoms with Crippen molar-refractivity contribution in [2.45, 2.75) is 50.9 Å². The molecule has 5 nitrogen and oxygen atoms in total. The second kappa shape index (κ2) is 7.93. The van der Waals surface area contributed by atoms with Gasteiger partial charge in [-0.1, -0.05) is 0 Å². The summed E-state index contributed by atoms with van der Waals surface area (Å²) in [6.07, 6.45) is 0.501. The molecule has 2 heterocycles. The molecule has 3 rings (SSSR count). The van der Waals surface area contributed by atoms with Crippen LogP contribution in [-0.4, -0.2) is 59.0 Å². The molecule has 9 heteroatoms. The molecule has 0 bridgehead atoms. The normalized spacial score (nSPS) is 22.7. The number of carbonyl (C=O) groups excluding carboxylic acids is 2. The number of nitrogens with two attached hydrogens (primary N) is 1. The van der Waals surface area contributed by atoms with E-state index in [1.165, 1.54) is 18.7 Å². The average molecular weight is 415 g/mol. The fraction of sp³-hybridized carbons (Fsp3) is 0.600. The smallest absolute Gasteiger partial charge is 0.259 e. The van der Waals surface area contributed by atoms with Crippen LogP contribution in [0.4, 0.5) is 17.6 Å². The van der Waals surface area contributed by atoms with E-state index in [9.17, 15) is 27.2 Å². The number of amides is 2. The Bertz CT molecular complexity index is 812. The van der Waals surface area contributed by atoms with Crippen LogP contribution in [0.5, 0.6) is 0 Å². The van der Waals surface area contributed by atoms with Crippen molar-refractivity contribution in [3.05, 3.63) is 35.1 Å². The van der Waals surface area contributed by atoms with E-state index >= 15 is 0 Å². The Kier molecular flexibility index (Phi) is 5.89. The first-order valence-corrected chi connectivity index (χ1v) is 9.64. The maximum absolute atomic E-state index is 14.0. The molecule has 2 fully saturated rings. The molecule has 160 valence electrons. The zero-order chi connectivity index (χ0) is 21.5. The Morgan fingerprint density at radius 3 is 2.48 bits per heavy atom. The highest BCUT2D eigenvalue weighted by Crippen LogP contribution is 2.33. The molecular formula is C20H25F4N3O2. The standard InChI is InChI=1S/C20H25F4N3O2/c1-20(2,24)19(29)26-9-11-3-4-27(17(11)10-26)18(28)7-13(25)5-12-6-15(22)16(23)8-14(12)21/h6,8,11,13,17H,3-5,7,9-10,25H2,1-2H3/t11-,13?,17+/m0/s1. The minimum absolute atomic E-state index is 0.0881. The summed E-state index contributed by atoms with van der Waals surface area (Å²) in [5.41, 5.74) is 3.90. The average Bonchev–Trinajstić information content (AvgIpc) is 3.18. The number of benzene rings is 1. The van der Waals surface area contributed by atoms with Crippen LogP contribution in [0.15, 0.2) is 12.1 Å². The van der Waals surface area contributed by atoms with E-state index in [1.807, 2.05) is 0 Å². The first kappa shape index (κ1) is 21.5. The molecule has 2 aliphatic heterocycles. The lowest BCUT2D eigenvalue weighted by Gasteiger charge is -2.27. The van der Waals surface area contributed by atoms with Crippen molar-refractivity contribution in [3.63, 3.8) is 0 Å². The van der Waals surface area contributed by atoms with E-state index in [-0.39, 0.29) is 42.8 Å². The van der Waals surface area contributed by atoms with Crippen LogP contribution in [0, 0.1) is 23.4 Å². The minimum Gasteiger partial charge on any atom is -0.338 e. The Morgan fingerprint density at radius 1 is 1.17 bits per heavy atom. The van der Waals surface area contributed by atoms with E-state index < -0.39 is 35.1 Å². The molecule has 0 radical (unpaired) electrons. The predicted molar refractivity (Wildman–Crippen MR) is 98.0 cm³/mol. The highest BCUT2D eigenvalue weighted by Gasteiger charge is 2.47. The molecule has 2 aliphatic rings. The van der Waals surface area contributed by atoms with Gasteiger partial charge in [-0.25, -0.2) is 17.6 Å². The highest BCUT2D eigenvalue weighted by molar-refractivity contribution is 5.85. The zero-order valence-corrected chi connectivity index (χ0v) is 16.4. The Morgan fingerprint density at radius 2 is 1.83 bits per heavy atom. The Balaban J connectivity index is 1.60. The summed E-state index contributed by atoms with van der Waals surface area (Å²) < 4.78 is 54.1. The lowest BCUT2D eigenvalue weighted by atomic mass is 10.0. The van der Waals surface area contributed by atoms with E-state index in [2.05, 4.69) is 0 Å². The number of halogens is 4. The molecule has 2 saturated heterocycles. The molecule has 0 aromatic heterocycles. The second-order valence-electron chi connectivity index (χ2n) is 8.41. The highest BCUT2D eigenvalue weighted by atomic mass is 19.2. The molecular weight excluding hydrogens is 390 g/mol. The quantitative estimate of drug-likeness (QED) is 0.592. The SMILES string of the molecule is CC(C)(F)C(=O)N1C[C@@H]2CCN(C(=O)CC(N)Cc3cc(F)c(F)cc3F)[C@@H]2C1. The van der Waals surface area contributed by atoms with Gasteiger partial charge in [0.15, 0.2) is 17.3 Å². The number of hydrogen-bond donors (Lipinski definition) is 1. The van der Waals surface area contributed by atoms with Gasteiger partial charge in [-0.3, -0.25) is 9.59 Å². The topological polar surface area (TPSA) is 66.6 Å². The first-order valence-electron chi connectivity index (χ1n) is 9.64. The monoisotopic (exact) mass is 415 g/mol. The van der Waals surface area contributed by atoms with Crippen molar-refractivity contribution in [3.8, 4) is 0 Å². The predicted octanol–water partition coefficient (Wildman–Crippen LogP) is 2.17. The van der Waals surface area contributed by atoms with Crippen molar-refractivity contribution < 1.29 is 27.2 Å². The minimum atomic E-state index is -1.97. The number of alkyl halides is 1. The van der Waals surface area contributed by atoms with Crippen LogP contribution in [0.3, 0.4) is 0 Å². The van der Waals surface area contributed by atoms with Crippen LogP contribution in [-0.2, 0) is 16.0 Å². The van der Waals surface area contributed by atoms with Crippen LogP contribution < -0.4 is 5.73 Å². The summed E-state index contributed by atoms with van der Waals surface area (Å²) in [6, 6.07) is 0.242. The van der Waals surface area contributed by atoms with Gasteiger partial charge in [0.2, 0.25) is 5.91 Å². The molecule has 3 atom stereocenters. The molecule has 29 heavy (non-hydrogen) atoms. The van der Waals surface area contributed by atoms with E-state index in [1.54, 1.807) is 4.90 Å². The lowest BCUT2D eigenvalue weighted by Crippen LogP contribution is -2.45. The largest absolute Gasteiger partial charge is 0.338 e. The molecule has 0 saturated carbocycles. The van der Waals surface area contributed by atoms with Gasteiger partial charge < -0.3 is 15.5 Å². The van der Waals surface area contributed by atoms with Crippen molar-refractivity contribution in [1.82, 2.24) is 9.80 Å². The second-order valence-corrected chi connectivity index (χ2v) is 8.41. The van der Waals surface area contributed by atoms with Crippen molar-refractivity contribution in [2.24, 2.45) is 11.7 Å². The summed E-state index contributed by atoms with van der Waals surface area (Å²) in [5, 5.41) is 0. The Hall–Kier alpha value is -2.16. The molecule has 0 spiro atoms. The number of hydrogen-bond acceptors (Lipinski definition) is 3. The maximum Gasteiger partial charge on any atom is 0.259 e. The third-order valence-corrected chi connectivity index (χ3v) is 5.67. The van der Waals surface area contributed by atoms with Crippen molar-refractivity contribution in [1.29, 1.82) is 0 Å². The summed E-state index contributed by atoms with van der Waals surface area (Å²) in [4.78, 5) is 28.0. The molecule has 2 amide bonds. The van der Waals surface area contributed by atoms with Crippen LogP contribution in [0.1, 0.15) is 32.3 Å². The van der Waals surface area contributed by atoms with Gasteiger partial charge in [0.25, 0.3) is 5.91 Å². The summed E-state index contributed by atoms with van der Waals surface area (Å²) in [7, 11) is 0. The number of nitrogens with zero attached hydrogens (tertiary/aromatic N) is 2. The van der Waals surface area contributed by atoms with Gasteiger partial charge in [-0.05, 0) is 38.3 Å². The number of likely N-dealkylation sites (tertiary alicyclic amines) is 2. The van der Waals surface area contributed by atoms with Gasteiger partial charge >= 0.3 is 0 Å². The van der Waals surface area contributed by atoms with Gasteiger partial charge in [0.1, 0.15) is 5.82 Å². The van der Waals surface area contributed by atoms with Gasteiger partial charge in [0.05, 0.1) is 6.04 Å². The number of fused-ring (bicyclic) bond motifs is 1. The van der Waals surface area contributed by atoms with Crippen LogP contribution in [0.25, 0.3) is 0 Å². The zero-order valence-electron chi connectivity index (χ0n) is 16.4. The summed E-state index contributed by atoms with van der Waals surface area (Å²) in [6.45, 7) is 3.62. The van der Waals surface area contributed by atoms with Crippen molar-refractivity contribution in [2.75, 3.05) is 19.6 Å². The molecule has 1 unspecified atom stereocenters. The van der Waals surface area contributed by atoms with E-state index in [4.69, 9.17) is 5.73 Å². The fourth-order valence-electron chi connectivity index (χ4n) is 4.23. The van der Waals surface area contributed by atoms with Gasteiger partial charge in [-0.2, -0.15) is 0 Å². The van der Waals surface area contributed by atoms with Crippen molar-refractivity contribution >= 4 is 11.8 Å². The van der Waals surface area contributed by atoms with E-state index in [0.717, 1.165) is 6.07 Å². The van der Waals surface area contributed by atoms with Crippen LogP contribution >= 0.6 is 0 Å². The summed E-state index contributed by atoms with van der Waals surface area (Å²) >= 11 is 0. The van der Waals surface area contributed by atoms with E-state index in [0.29, 0.717) is 25.6 Å². The van der Waals surface area contributed by atoms with Gasteiger partial charge in [0, 0.05) is 44.1 Å². The van der Waals surface area contributed by atoms with Gasteiger partial charge in [-0.15, -0.1) is 0 Å². The number of carbonyl (C=O) groups is 2. The maximum atomic E-state index is 14.0. The Labute approximate surface area is 166 Å². The third-order valence-electron chi connectivity index (χ3n) is 5.67. The summed E-state index contributed by atoms with van der Waals surface area (Å²) in [5.74, 6) is -4.12. The molecule has 1 aromatic carbocycles. The third kappa shape index (κ3) is 4.55. The fourth-order valence-corrected chi connectivity index (χ4v) is 4.23. The molecule has 2 N–H and O–H groups in total. The lowest BCUT2D eigenvalue weighted by molar-refractivity contribution is -0.142. The van der Waals surface area contributed by atoms with Crippen LogP contribution in [0.2, 0.25) is 0 Å². The molecule has 0 aliphatic carbocycles. The number of rotatable bonds is 5.